The number of H-pyrrole nitrogens is 1. The van der Waals surface area contributed by atoms with E-state index in [9.17, 15) is 28.3 Å². The molecule has 0 saturated carbocycles. The normalized spacial score (nSPS) is 28.7. The predicted octanol–water partition coefficient (Wildman–Crippen LogP) is -3.40. The molecule has 1 aromatic carbocycles. The Kier molecular flexibility index (Phi) is 7.72. The van der Waals surface area contributed by atoms with Gasteiger partial charge in [0, 0.05) is 21.6 Å². The summed E-state index contributed by atoms with van der Waals surface area (Å²) in [5.74, 6) is 0.296. The molecule has 5 atom stereocenters. The van der Waals surface area contributed by atoms with Crippen molar-refractivity contribution in [3.05, 3.63) is 28.9 Å². The summed E-state index contributed by atoms with van der Waals surface area (Å²) in [5, 5.41) is 30.6. The summed E-state index contributed by atoms with van der Waals surface area (Å²) in [7, 11) is -5.02. The van der Waals surface area contributed by atoms with E-state index in [0.29, 0.717) is 11.1 Å². The molecule has 3 rings (SSSR count). The van der Waals surface area contributed by atoms with E-state index in [1.165, 1.54) is 6.20 Å². The second kappa shape index (κ2) is 9.05. The van der Waals surface area contributed by atoms with Crippen molar-refractivity contribution < 1.29 is 71.5 Å². The number of aliphatic hydroxyl groups is 3. The van der Waals surface area contributed by atoms with Crippen LogP contribution in [0.2, 0.25) is 0 Å². The van der Waals surface area contributed by atoms with Gasteiger partial charge in [-0.1, -0.05) is 15.9 Å². The first-order valence-electron chi connectivity index (χ1n) is 7.39. The van der Waals surface area contributed by atoms with Gasteiger partial charge in [0.1, 0.15) is 30.2 Å². The molecule has 1 aliphatic rings. The number of ether oxygens (including phenoxy) is 2. The first-order chi connectivity index (χ1) is 12.2. The molecule has 0 spiro atoms. The first-order valence-corrected chi connectivity index (χ1v) is 9.51. The van der Waals surface area contributed by atoms with E-state index in [1.54, 1.807) is 12.1 Å². The van der Waals surface area contributed by atoms with Crippen LogP contribution in [0.25, 0.3) is 10.9 Å². The molecule has 13 heteroatoms. The van der Waals surface area contributed by atoms with Crippen molar-refractivity contribution in [3.8, 4) is 5.75 Å². The molecule has 27 heavy (non-hydrogen) atoms. The van der Waals surface area contributed by atoms with Crippen LogP contribution in [-0.4, -0.2) is 70.6 Å². The largest absolute Gasteiger partial charge is 1.00 e. The van der Waals surface area contributed by atoms with E-state index in [2.05, 4.69) is 25.1 Å². The monoisotopic (exact) mass is 475 g/mol. The fraction of sp³-hybridized carbons (Fsp3) is 0.429. The van der Waals surface area contributed by atoms with Gasteiger partial charge in [-0.05, 0) is 18.2 Å². The number of rotatable bonds is 5. The van der Waals surface area contributed by atoms with E-state index >= 15 is 0 Å². The number of hydrogen-bond donors (Lipinski definition) is 4. The van der Waals surface area contributed by atoms with Gasteiger partial charge in [0.25, 0.3) is 0 Å². The van der Waals surface area contributed by atoms with Gasteiger partial charge in [-0.3, -0.25) is 4.18 Å². The summed E-state index contributed by atoms with van der Waals surface area (Å²) >= 11 is 3.33. The van der Waals surface area contributed by atoms with Gasteiger partial charge < -0.3 is 34.3 Å². The predicted molar refractivity (Wildman–Crippen MR) is 89.0 cm³/mol. The van der Waals surface area contributed by atoms with Crippen molar-refractivity contribution >= 4 is 37.2 Å². The molecule has 5 unspecified atom stereocenters. The van der Waals surface area contributed by atoms with Gasteiger partial charge >= 0.3 is 29.6 Å². The van der Waals surface area contributed by atoms with Crippen LogP contribution in [-0.2, 0) is 19.3 Å². The Morgan fingerprint density at radius 2 is 1.93 bits per heavy atom. The SMILES string of the molecule is O=S(=O)([O-])OCC1OC(Oc2c[nH]c3ccc(Br)cc23)C(O)C(O)C1O.[Na+]. The van der Waals surface area contributed by atoms with E-state index in [1.807, 2.05) is 6.07 Å². The third-order valence-corrected chi connectivity index (χ3v) is 4.81. The van der Waals surface area contributed by atoms with Crippen molar-refractivity contribution in [1.29, 1.82) is 0 Å². The number of halogens is 1. The fourth-order valence-corrected chi connectivity index (χ4v) is 3.25. The summed E-state index contributed by atoms with van der Waals surface area (Å²) in [5.41, 5.74) is 0.742. The van der Waals surface area contributed by atoms with Crippen molar-refractivity contribution in [1.82, 2.24) is 4.98 Å². The summed E-state index contributed by atoms with van der Waals surface area (Å²) in [6.07, 6.45) is -6.33. The number of aliphatic hydroxyl groups excluding tert-OH is 3. The smallest absolute Gasteiger partial charge is 0.726 e. The van der Waals surface area contributed by atoms with Crippen LogP contribution in [0.5, 0.6) is 5.75 Å². The van der Waals surface area contributed by atoms with Crippen molar-refractivity contribution in [2.75, 3.05) is 6.61 Å². The molecule has 1 fully saturated rings. The third-order valence-electron chi connectivity index (χ3n) is 3.89. The zero-order valence-electron chi connectivity index (χ0n) is 14.0. The van der Waals surface area contributed by atoms with Gasteiger partial charge in [0.05, 0.1) is 6.61 Å². The Morgan fingerprint density at radius 3 is 2.59 bits per heavy atom. The van der Waals surface area contributed by atoms with Crippen molar-refractivity contribution in [3.63, 3.8) is 0 Å². The Balaban J connectivity index is 0.00000261. The van der Waals surface area contributed by atoms with E-state index in [-0.39, 0.29) is 29.6 Å². The quantitative estimate of drug-likeness (QED) is 0.196. The van der Waals surface area contributed by atoms with Crippen LogP contribution < -0.4 is 34.3 Å². The van der Waals surface area contributed by atoms with Crippen LogP contribution in [0.4, 0.5) is 0 Å². The molecular weight excluding hydrogens is 461 g/mol. The molecule has 2 aromatic rings. The Morgan fingerprint density at radius 1 is 1.22 bits per heavy atom. The maximum atomic E-state index is 10.6. The summed E-state index contributed by atoms with van der Waals surface area (Å²) in [4.78, 5) is 2.96. The van der Waals surface area contributed by atoms with Gasteiger partial charge in [0.15, 0.2) is 0 Å². The second-order valence-corrected chi connectivity index (χ2v) is 7.64. The average molecular weight is 476 g/mol. The summed E-state index contributed by atoms with van der Waals surface area (Å²) in [6, 6.07) is 5.36. The number of hydrogen-bond acceptors (Lipinski definition) is 9. The molecule has 0 aliphatic carbocycles. The van der Waals surface area contributed by atoms with Crippen LogP contribution in [0.1, 0.15) is 0 Å². The van der Waals surface area contributed by atoms with Gasteiger partial charge in [-0.2, -0.15) is 0 Å². The van der Waals surface area contributed by atoms with Crippen LogP contribution in [0, 0.1) is 0 Å². The van der Waals surface area contributed by atoms with Crippen LogP contribution in [0.3, 0.4) is 0 Å². The maximum Gasteiger partial charge on any atom is 1.00 e. The zero-order chi connectivity index (χ0) is 19.1. The second-order valence-electron chi connectivity index (χ2n) is 5.67. The topological polar surface area (TPSA) is 161 Å². The fourth-order valence-electron chi connectivity index (χ4n) is 2.59. The molecule has 1 aliphatic heterocycles. The number of nitrogens with one attached hydrogen (secondary N) is 1. The zero-order valence-corrected chi connectivity index (χ0v) is 18.4. The molecule has 1 saturated heterocycles. The molecule has 2 heterocycles. The van der Waals surface area contributed by atoms with Gasteiger partial charge in [-0.25, -0.2) is 8.42 Å². The van der Waals surface area contributed by atoms with Crippen molar-refractivity contribution in [2.45, 2.75) is 30.7 Å². The van der Waals surface area contributed by atoms with Gasteiger partial charge in [-0.15, -0.1) is 0 Å². The number of aromatic amines is 1. The minimum Gasteiger partial charge on any atom is -0.726 e. The molecule has 10 nitrogen and oxygen atoms in total. The van der Waals surface area contributed by atoms with Gasteiger partial charge in [0.2, 0.25) is 16.7 Å². The minimum absolute atomic E-state index is 0. The summed E-state index contributed by atoms with van der Waals surface area (Å²) in [6.45, 7) is -0.837. The molecule has 0 radical (unpaired) electrons. The maximum absolute atomic E-state index is 10.6. The molecule has 144 valence electrons. The summed E-state index contributed by atoms with van der Waals surface area (Å²) < 4.78 is 47.4. The molecule has 1 aromatic heterocycles. The molecular formula is C14H15BrNNaO9S. The number of fused-ring (bicyclic) bond motifs is 1. The van der Waals surface area contributed by atoms with E-state index in [0.717, 1.165) is 9.99 Å². The van der Waals surface area contributed by atoms with Crippen molar-refractivity contribution in [2.24, 2.45) is 0 Å². The molecule has 0 bridgehead atoms. The number of aromatic nitrogens is 1. The van der Waals surface area contributed by atoms with E-state index in [4.69, 9.17) is 9.47 Å². The molecule has 0 amide bonds. The Bertz CT molecular complexity index is 892. The van der Waals surface area contributed by atoms with E-state index < -0.39 is 47.7 Å². The first kappa shape index (κ1) is 23.0. The van der Waals surface area contributed by atoms with Crippen LogP contribution >= 0.6 is 15.9 Å². The standard InChI is InChI=1S/C14H16BrNO9S.Na/c15-6-1-2-8-7(3-6)9(4-16-8)24-14-13(19)12(18)11(17)10(25-14)5-23-26(20,21)22;/h1-4,10-14,16-19H,5H2,(H,20,21,22);/q;+1/p-1. The third kappa shape index (κ3) is 5.42. The molecule has 4 N–H and O–H groups in total. The Hall–Kier alpha value is -0.250. The number of benzene rings is 1. The average Bonchev–Trinajstić information content (AvgIpc) is 2.95. The minimum atomic E-state index is -5.02. The van der Waals surface area contributed by atoms with Crippen LogP contribution in [0.15, 0.2) is 28.9 Å². The Labute approximate surface area is 184 Å².